The van der Waals surface area contributed by atoms with Crippen LogP contribution < -0.4 is 14.2 Å². The Labute approximate surface area is 193 Å². The second kappa shape index (κ2) is 8.61. The van der Waals surface area contributed by atoms with Gasteiger partial charge in [0.1, 0.15) is 18.8 Å². The van der Waals surface area contributed by atoms with Crippen LogP contribution in [0.2, 0.25) is 0 Å². The van der Waals surface area contributed by atoms with Gasteiger partial charge < -0.3 is 23.7 Å². The number of esters is 2. The summed E-state index contributed by atoms with van der Waals surface area (Å²) in [6.45, 7) is 6.41. The average Bonchev–Trinajstić information content (AvgIpc) is 3.42. The van der Waals surface area contributed by atoms with Crippen LogP contribution >= 0.6 is 0 Å². The Hall–Kier alpha value is -3.22. The largest absolute Gasteiger partial charge is 0.493 e. The second-order valence-electron chi connectivity index (χ2n) is 9.77. The summed E-state index contributed by atoms with van der Waals surface area (Å²) in [5.74, 6) is 0.874. The minimum Gasteiger partial charge on any atom is -0.493 e. The summed E-state index contributed by atoms with van der Waals surface area (Å²) < 4.78 is 28.5. The van der Waals surface area contributed by atoms with Crippen LogP contribution in [0.5, 0.6) is 17.2 Å². The molecule has 0 amide bonds. The predicted octanol–water partition coefficient (Wildman–Crippen LogP) is 4.93. The minimum absolute atomic E-state index is 0.148. The van der Waals surface area contributed by atoms with Gasteiger partial charge in [0.15, 0.2) is 11.5 Å². The number of hydrogen-bond acceptors (Lipinski definition) is 7. The van der Waals surface area contributed by atoms with Crippen molar-refractivity contribution in [1.29, 1.82) is 0 Å². The number of carbonyl (C=O) groups excluding carboxylic acids is 2. The normalized spacial score (nSPS) is 16.0. The highest BCUT2D eigenvalue weighted by molar-refractivity contribution is 5.96. The molecule has 1 aliphatic heterocycles. The topological polar surface area (TPSA) is 80.3 Å². The number of methoxy groups -OCH3 is 2. The van der Waals surface area contributed by atoms with E-state index in [2.05, 4.69) is 0 Å². The van der Waals surface area contributed by atoms with Gasteiger partial charge in [0.25, 0.3) is 0 Å². The van der Waals surface area contributed by atoms with Crippen LogP contribution in [0.15, 0.2) is 30.3 Å². The molecule has 1 fully saturated rings. The maximum atomic E-state index is 12.4. The first-order chi connectivity index (χ1) is 15.7. The summed E-state index contributed by atoms with van der Waals surface area (Å²) >= 11 is 0. The van der Waals surface area contributed by atoms with E-state index >= 15 is 0 Å². The molecular formula is C26H30O7. The molecule has 0 unspecified atom stereocenters. The van der Waals surface area contributed by atoms with Gasteiger partial charge in [-0.2, -0.15) is 0 Å². The number of cyclic esters (lactones) is 1. The zero-order valence-corrected chi connectivity index (χ0v) is 19.8. The van der Waals surface area contributed by atoms with E-state index in [0.717, 1.165) is 29.5 Å². The summed E-state index contributed by atoms with van der Waals surface area (Å²) in [4.78, 5) is 24.5. The van der Waals surface area contributed by atoms with Crippen LogP contribution in [0, 0.1) is 5.41 Å². The van der Waals surface area contributed by atoms with Crippen LogP contribution in [0.25, 0.3) is 11.1 Å². The maximum Gasteiger partial charge on any atom is 0.338 e. The Kier molecular flexibility index (Phi) is 5.99. The number of carbonyl (C=O) groups is 2. The fourth-order valence-electron chi connectivity index (χ4n) is 3.98. The second-order valence-corrected chi connectivity index (χ2v) is 9.77. The van der Waals surface area contributed by atoms with Gasteiger partial charge >= 0.3 is 11.9 Å². The lowest BCUT2D eigenvalue weighted by molar-refractivity contribution is -0.155. The first kappa shape index (κ1) is 23.0. The van der Waals surface area contributed by atoms with Gasteiger partial charge in [0.2, 0.25) is 5.75 Å². The van der Waals surface area contributed by atoms with Gasteiger partial charge in [-0.05, 0) is 42.0 Å². The lowest BCUT2D eigenvalue weighted by Crippen LogP contribution is -2.29. The molecule has 1 aliphatic carbocycles. The molecule has 0 bridgehead atoms. The molecule has 0 saturated heterocycles. The maximum absolute atomic E-state index is 12.4. The summed E-state index contributed by atoms with van der Waals surface area (Å²) in [7, 11) is 3.11. The standard InChI is InChI=1S/C26H30O7/c1-25(2,3)13-21(27)33-26(11-12-26)15-32-22-17(9-10-20(29-4)23(22)30-5)16-7-6-8-18-19(16)14-31-24(18)28/h6-10H,11-15H2,1-5H3. The van der Waals surface area contributed by atoms with E-state index in [4.69, 9.17) is 23.7 Å². The Morgan fingerprint density at radius 3 is 2.36 bits per heavy atom. The Morgan fingerprint density at radius 2 is 1.73 bits per heavy atom. The lowest BCUT2D eigenvalue weighted by atomic mass is 9.92. The SMILES string of the molecule is COc1ccc(-c2cccc3c2COC3=O)c(OCC2(OC(=O)CC(C)(C)C)CC2)c1OC. The molecular weight excluding hydrogens is 424 g/mol. The molecule has 0 aromatic heterocycles. The van der Waals surface area contributed by atoms with E-state index in [1.54, 1.807) is 26.4 Å². The number of ether oxygens (including phenoxy) is 5. The third-order valence-corrected chi connectivity index (χ3v) is 5.83. The average molecular weight is 455 g/mol. The van der Waals surface area contributed by atoms with Gasteiger partial charge in [-0.1, -0.05) is 32.9 Å². The van der Waals surface area contributed by atoms with Crippen LogP contribution in [0.4, 0.5) is 0 Å². The fourth-order valence-corrected chi connectivity index (χ4v) is 3.98. The van der Waals surface area contributed by atoms with Crippen molar-refractivity contribution in [2.45, 2.75) is 52.2 Å². The molecule has 1 heterocycles. The highest BCUT2D eigenvalue weighted by atomic mass is 16.6. The summed E-state index contributed by atoms with van der Waals surface area (Å²) in [5, 5.41) is 0. The molecule has 7 nitrogen and oxygen atoms in total. The van der Waals surface area contributed by atoms with Crippen molar-refractivity contribution in [1.82, 2.24) is 0 Å². The molecule has 0 N–H and O–H groups in total. The quantitative estimate of drug-likeness (QED) is 0.523. The van der Waals surface area contributed by atoms with Gasteiger partial charge in [0.05, 0.1) is 26.2 Å². The van der Waals surface area contributed by atoms with Crippen molar-refractivity contribution >= 4 is 11.9 Å². The highest BCUT2D eigenvalue weighted by Crippen LogP contribution is 2.48. The zero-order valence-electron chi connectivity index (χ0n) is 19.8. The monoisotopic (exact) mass is 454 g/mol. The van der Waals surface area contributed by atoms with Crippen LogP contribution in [0.1, 0.15) is 56.0 Å². The van der Waals surface area contributed by atoms with E-state index < -0.39 is 5.60 Å². The zero-order chi connectivity index (χ0) is 23.8. The predicted molar refractivity (Wildman–Crippen MR) is 122 cm³/mol. The number of hydrogen-bond donors (Lipinski definition) is 0. The van der Waals surface area contributed by atoms with Crippen molar-refractivity contribution in [3.8, 4) is 28.4 Å². The molecule has 33 heavy (non-hydrogen) atoms. The van der Waals surface area contributed by atoms with Crippen molar-refractivity contribution in [3.05, 3.63) is 41.5 Å². The molecule has 1 saturated carbocycles. The van der Waals surface area contributed by atoms with Crippen molar-refractivity contribution in [2.75, 3.05) is 20.8 Å². The number of benzene rings is 2. The van der Waals surface area contributed by atoms with Gasteiger partial charge in [-0.25, -0.2) is 4.79 Å². The molecule has 0 radical (unpaired) electrons. The third kappa shape index (κ3) is 4.77. The molecule has 2 aliphatic rings. The fraction of sp³-hybridized carbons (Fsp3) is 0.462. The Bertz CT molecular complexity index is 1080. The summed E-state index contributed by atoms with van der Waals surface area (Å²) in [6.07, 6.45) is 1.83. The van der Waals surface area contributed by atoms with Crippen molar-refractivity contribution in [3.63, 3.8) is 0 Å². The number of rotatable bonds is 8. The Morgan fingerprint density at radius 1 is 1.00 bits per heavy atom. The Balaban J connectivity index is 1.66. The van der Waals surface area contributed by atoms with Crippen molar-refractivity contribution < 1.29 is 33.3 Å². The molecule has 4 rings (SSSR count). The lowest BCUT2D eigenvalue weighted by Gasteiger charge is -2.23. The number of fused-ring (bicyclic) bond motifs is 1. The first-order valence-corrected chi connectivity index (χ1v) is 11.1. The van der Waals surface area contributed by atoms with E-state index in [1.807, 2.05) is 39.0 Å². The molecule has 7 heteroatoms. The van der Waals surface area contributed by atoms with E-state index in [0.29, 0.717) is 29.2 Å². The van der Waals surface area contributed by atoms with Crippen molar-refractivity contribution in [2.24, 2.45) is 5.41 Å². The van der Waals surface area contributed by atoms with Gasteiger partial charge in [-0.3, -0.25) is 4.79 Å². The van der Waals surface area contributed by atoms with E-state index in [-0.39, 0.29) is 30.6 Å². The summed E-state index contributed by atoms with van der Waals surface area (Å²) in [6, 6.07) is 9.17. The molecule has 0 atom stereocenters. The highest BCUT2D eigenvalue weighted by Gasteiger charge is 2.48. The molecule has 176 valence electrons. The van der Waals surface area contributed by atoms with Crippen LogP contribution in [-0.2, 0) is 20.9 Å². The van der Waals surface area contributed by atoms with Gasteiger partial charge in [0, 0.05) is 11.1 Å². The summed E-state index contributed by atoms with van der Waals surface area (Å²) in [5.41, 5.74) is 2.14. The molecule has 2 aromatic carbocycles. The molecule has 0 spiro atoms. The third-order valence-electron chi connectivity index (χ3n) is 5.83. The smallest absolute Gasteiger partial charge is 0.338 e. The first-order valence-electron chi connectivity index (χ1n) is 11.1. The minimum atomic E-state index is -0.634. The van der Waals surface area contributed by atoms with E-state index in [1.165, 1.54) is 0 Å². The molecule has 2 aromatic rings. The van der Waals surface area contributed by atoms with Crippen LogP contribution in [0.3, 0.4) is 0 Å². The van der Waals surface area contributed by atoms with E-state index in [9.17, 15) is 9.59 Å². The van der Waals surface area contributed by atoms with Crippen LogP contribution in [-0.4, -0.2) is 38.4 Å². The van der Waals surface area contributed by atoms with Gasteiger partial charge in [-0.15, -0.1) is 0 Å².